The van der Waals surface area contributed by atoms with Crippen LogP contribution in [0.2, 0.25) is 0 Å². The van der Waals surface area contributed by atoms with Gasteiger partial charge in [0.05, 0.1) is 11.3 Å². The Balaban J connectivity index is 2.65. The predicted octanol–water partition coefficient (Wildman–Crippen LogP) is 4.05. The second-order valence-electron chi connectivity index (χ2n) is 5.07. The summed E-state index contributed by atoms with van der Waals surface area (Å²) in [5.41, 5.74) is -1.32. The maximum Gasteiger partial charge on any atom is 0.429 e. The van der Waals surface area contributed by atoms with E-state index in [1.165, 1.54) is 19.1 Å². The molecule has 0 fully saturated rings. The van der Waals surface area contributed by atoms with Gasteiger partial charge in [-0.3, -0.25) is 0 Å². The van der Waals surface area contributed by atoms with E-state index in [1.54, 1.807) is 0 Å². The number of hydrogen-bond donors (Lipinski definition) is 1. The predicted molar refractivity (Wildman–Crippen MR) is 72.8 cm³/mol. The lowest BCUT2D eigenvalue weighted by Gasteiger charge is -2.15. The number of carboxylic acids is 1. The number of alkyl halides is 3. The average Bonchev–Trinajstić information content (AvgIpc) is 2.58. The third-order valence-electron chi connectivity index (χ3n) is 3.48. The van der Waals surface area contributed by atoms with Crippen LogP contribution in [0.1, 0.15) is 25.3 Å². The van der Waals surface area contributed by atoms with Crippen LogP contribution < -0.4 is 0 Å². The number of nitrogens with zero attached hydrogens (tertiary/aromatic N) is 1. The number of halogens is 4. The van der Waals surface area contributed by atoms with Gasteiger partial charge in [-0.25, -0.2) is 14.2 Å². The molecule has 1 aliphatic heterocycles. The molecule has 0 spiro atoms. The number of aliphatic imine (C=N–C) groups is 1. The Hall–Kier alpha value is -2.18. The van der Waals surface area contributed by atoms with Crippen molar-refractivity contribution >= 4 is 17.4 Å². The van der Waals surface area contributed by atoms with Crippen molar-refractivity contribution in [1.82, 2.24) is 0 Å². The molecule has 1 aromatic carbocycles. The molecule has 0 saturated heterocycles. The fourth-order valence-corrected chi connectivity index (χ4v) is 2.31. The molecular formula is C15H13F4NO2. The lowest BCUT2D eigenvalue weighted by Crippen LogP contribution is -2.28. The monoisotopic (exact) mass is 315 g/mol. The molecule has 0 aliphatic carbocycles. The largest absolute Gasteiger partial charge is 0.478 e. The Morgan fingerprint density at radius 3 is 2.36 bits per heavy atom. The zero-order valence-electron chi connectivity index (χ0n) is 11.6. The van der Waals surface area contributed by atoms with Crippen LogP contribution in [0.4, 0.5) is 17.6 Å². The molecule has 118 valence electrons. The minimum atomic E-state index is -4.64. The lowest BCUT2D eigenvalue weighted by molar-refractivity contribution is -0.132. The van der Waals surface area contributed by atoms with Gasteiger partial charge in [0, 0.05) is 11.5 Å². The second-order valence-corrected chi connectivity index (χ2v) is 5.07. The van der Waals surface area contributed by atoms with Crippen molar-refractivity contribution in [2.45, 2.75) is 25.9 Å². The fourth-order valence-electron chi connectivity index (χ4n) is 2.31. The molecule has 0 bridgehead atoms. The van der Waals surface area contributed by atoms with Gasteiger partial charge in [-0.05, 0) is 37.1 Å². The number of hydrogen-bond acceptors (Lipinski definition) is 2. The van der Waals surface area contributed by atoms with E-state index in [1.807, 2.05) is 0 Å². The Morgan fingerprint density at radius 2 is 1.86 bits per heavy atom. The number of benzene rings is 1. The summed E-state index contributed by atoms with van der Waals surface area (Å²) in [6, 6.07) is 4.56. The molecule has 7 heteroatoms. The Bertz CT molecular complexity index is 645. The van der Waals surface area contributed by atoms with Gasteiger partial charge in [0.25, 0.3) is 0 Å². The maximum absolute atomic E-state index is 13.1. The van der Waals surface area contributed by atoms with E-state index in [4.69, 9.17) is 0 Å². The van der Waals surface area contributed by atoms with E-state index in [9.17, 15) is 27.5 Å². The molecule has 22 heavy (non-hydrogen) atoms. The molecule has 0 radical (unpaired) electrons. The average molecular weight is 315 g/mol. The van der Waals surface area contributed by atoms with E-state index in [0.29, 0.717) is 0 Å². The third-order valence-corrected chi connectivity index (χ3v) is 3.48. The van der Waals surface area contributed by atoms with E-state index in [-0.39, 0.29) is 29.7 Å². The minimum Gasteiger partial charge on any atom is -0.478 e. The zero-order chi connectivity index (χ0) is 16.5. The van der Waals surface area contributed by atoms with Crippen molar-refractivity contribution < 1.29 is 27.5 Å². The standard InChI is InChI=1S/C15H13F4NO2/c1-8-2-7-11(14(21)22)12(20-13(8)15(17,18)19)9-3-5-10(16)6-4-9/h3-6,8H,2,7H2,1H3,(H,21,22). The molecular weight excluding hydrogens is 302 g/mol. The topological polar surface area (TPSA) is 49.7 Å². The number of carbonyl (C=O) groups is 1. The lowest BCUT2D eigenvalue weighted by atomic mass is 9.97. The first-order valence-corrected chi connectivity index (χ1v) is 6.58. The molecule has 0 amide bonds. The molecule has 0 saturated carbocycles. The first kappa shape index (κ1) is 16.2. The van der Waals surface area contributed by atoms with Crippen LogP contribution in [0.3, 0.4) is 0 Å². The van der Waals surface area contributed by atoms with Crippen molar-refractivity contribution in [1.29, 1.82) is 0 Å². The van der Waals surface area contributed by atoms with Crippen molar-refractivity contribution in [3.63, 3.8) is 0 Å². The quantitative estimate of drug-likeness (QED) is 0.837. The summed E-state index contributed by atoms with van der Waals surface area (Å²) < 4.78 is 52.2. The van der Waals surface area contributed by atoms with E-state index < -0.39 is 29.6 Å². The van der Waals surface area contributed by atoms with Crippen molar-refractivity contribution in [2.24, 2.45) is 10.9 Å². The molecule has 1 atom stereocenters. The van der Waals surface area contributed by atoms with E-state index in [0.717, 1.165) is 12.1 Å². The van der Waals surface area contributed by atoms with Gasteiger partial charge in [-0.2, -0.15) is 13.2 Å². The van der Waals surface area contributed by atoms with Crippen LogP contribution in [0.25, 0.3) is 5.70 Å². The highest BCUT2D eigenvalue weighted by Crippen LogP contribution is 2.34. The van der Waals surface area contributed by atoms with Gasteiger partial charge in [0.15, 0.2) is 0 Å². The molecule has 0 aromatic heterocycles. The first-order valence-electron chi connectivity index (χ1n) is 6.58. The Labute approximate surface area is 124 Å². The highest BCUT2D eigenvalue weighted by Gasteiger charge is 2.40. The maximum atomic E-state index is 13.1. The summed E-state index contributed by atoms with van der Waals surface area (Å²) in [6.07, 6.45) is -4.64. The minimum absolute atomic E-state index is 0.0324. The summed E-state index contributed by atoms with van der Waals surface area (Å²) >= 11 is 0. The molecule has 3 nitrogen and oxygen atoms in total. The molecule has 1 N–H and O–H groups in total. The molecule has 1 unspecified atom stereocenters. The van der Waals surface area contributed by atoms with Crippen LogP contribution in [-0.4, -0.2) is 23.0 Å². The highest BCUT2D eigenvalue weighted by atomic mass is 19.4. The molecule has 2 rings (SSSR count). The number of aliphatic carboxylic acids is 1. The van der Waals surface area contributed by atoms with Crippen LogP contribution in [0, 0.1) is 11.7 Å². The van der Waals surface area contributed by atoms with Gasteiger partial charge < -0.3 is 5.11 Å². The summed E-state index contributed by atoms with van der Waals surface area (Å²) in [5.74, 6) is -2.80. The first-order chi connectivity index (χ1) is 10.2. The fraction of sp³-hybridized carbons (Fsp3) is 0.333. The number of rotatable bonds is 2. The van der Waals surface area contributed by atoms with Gasteiger partial charge in [-0.15, -0.1) is 0 Å². The normalized spacial score (nSPS) is 19.7. The van der Waals surface area contributed by atoms with Crippen molar-refractivity contribution in [2.75, 3.05) is 0 Å². The summed E-state index contributed by atoms with van der Waals surface area (Å²) in [4.78, 5) is 14.9. The van der Waals surface area contributed by atoms with Crippen LogP contribution in [0.15, 0.2) is 34.8 Å². The summed E-state index contributed by atoms with van der Waals surface area (Å²) in [7, 11) is 0. The molecule has 1 heterocycles. The third kappa shape index (κ3) is 3.35. The van der Waals surface area contributed by atoms with Crippen molar-refractivity contribution in [3.05, 3.63) is 41.2 Å². The van der Waals surface area contributed by atoms with Crippen LogP contribution in [0.5, 0.6) is 0 Å². The van der Waals surface area contributed by atoms with E-state index >= 15 is 0 Å². The van der Waals surface area contributed by atoms with Crippen LogP contribution in [-0.2, 0) is 4.79 Å². The van der Waals surface area contributed by atoms with Crippen LogP contribution >= 0.6 is 0 Å². The summed E-state index contributed by atoms with van der Waals surface area (Å²) in [6.45, 7) is 1.36. The Morgan fingerprint density at radius 1 is 1.27 bits per heavy atom. The second kappa shape index (κ2) is 5.90. The van der Waals surface area contributed by atoms with E-state index in [2.05, 4.69) is 4.99 Å². The molecule has 1 aliphatic rings. The SMILES string of the molecule is CC1CCC(C(=O)O)=C(c2ccc(F)cc2)N=C1C(F)(F)F. The van der Waals surface area contributed by atoms with Crippen molar-refractivity contribution in [3.8, 4) is 0 Å². The smallest absolute Gasteiger partial charge is 0.429 e. The molecule has 1 aromatic rings. The van der Waals surface area contributed by atoms with Gasteiger partial charge in [-0.1, -0.05) is 6.92 Å². The van der Waals surface area contributed by atoms with Gasteiger partial charge >= 0.3 is 12.1 Å². The highest BCUT2D eigenvalue weighted by molar-refractivity contribution is 6.02. The van der Waals surface area contributed by atoms with Gasteiger partial charge in [0.2, 0.25) is 0 Å². The zero-order valence-corrected chi connectivity index (χ0v) is 11.6. The summed E-state index contributed by atoms with van der Waals surface area (Å²) in [5, 5.41) is 9.24. The van der Waals surface area contributed by atoms with Gasteiger partial charge in [0.1, 0.15) is 11.5 Å². The number of carboxylic acid groups (broad SMARTS) is 1. The Kier molecular flexibility index (Phi) is 4.35.